The molecular formula is C20H27NO2. The van der Waals surface area contributed by atoms with Gasteiger partial charge >= 0.3 is 0 Å². The fraction of sp³-hybridized carbons (Fsp3) is 0.400. The molecule has 0 amide bonds. The second kappa shape index (κ2) is 10.0. The maximum atomic E-state index is 5.34. The first-order valence-electron chi connectivity index (χ1n) is 8.18. The van der Waals surface area contributed by atoms with Crippen molar-refractivity contribution in [2.75, 3.05) is 33.9 Å². The molecule has 0 aliphatic heterocycles. The summed E-state index contributed by atoms with van der Waals surface area (Å²) < 4.78 is 10.4. The zero-order valence-electron chi connectivity index (χ0n) is 14.1. The maximum Gasteiger partial charge on any atom is 0.119 e. The smallest absolute Gasteiger partial charge is 0.119 e. The first-order valence-corrected chi connectivity index (χ1v) is 8.18. The largest absolute Gasteiger partial charge is 0.497 e. The summed E-state index contributed by atoms with van der Waals surface area (Å²) in [6, 6.07) is 19.0. The Bertz CT molecular complexity index is 557. The molecule has 0 fully saturated rings. The van der Waals surface area contributed by atoms with Gasteiger partial charge in [-0.15, -0.1) is 0 Å². The third-order valence-corrected chi connectivity index (χ3v) is 3.94. The average Bonchev–Trinajstić information content (AvgIpc) is 2.59. The molecule has 124 valence electrons. The molecule has 2 aromatic carbocycles. The lowest BCUT2D eigenvalue weighted by Crippen LogP contribution is -2.28. The summed E-state index contributed by atoms with van der Waals surface area (Å²) >= 11 is 0. The number of hydrogen-bond donors (Lipinski definition) is 1. The van der Waals surface area contributed by atoms with E-state index >= 15 is 0 Å². The number of ether oxygens (including phenoxy) is 2. The quantitative estimate of drug-likeness (QED) is 0.683. The second-order valence-corrected chi connectivity index (χ2v) is 5.81. The maximum absolute atomic E-state index is 5.34. The molecule has 0 aliphatic rings. The molecule has 0 saturated carbocycles. The van der Waals surface area contributed by atoms with E-state index in [1.807, 2.05) is 6.07 Å². The molecule has 1 N–H and O–H groups in total. The van der Waals surface area contributed by atoms with Crippen LogP contribution >= 0.6 is 0 Å². The van der Waals surface area contributed by atoms with Crippen molar-refractivity contribution in [3.8, 4) is 5.75 Å². The Balaban J connectivity index is 1.99. The molecule has 0 bridgehead atoms. The fourth-order valence-corrected chi connectivity index (χ4v) is 2.78. The van der Waals surface area contributed by atoms with E-state index in [1.54, 1.807) is 14.2 Å². The van der Waals surface area contributed by atoms with Crippen molar-refractivity contribution >= 4 is 0 Å². The van der Waals surface area contributed by atoms with Gasteiger partial charge in [0.05, 0.1) is 13.7 Å². The number of hydrogen-bond acceptors (Lipinski definition) is 3. The van der Waals surface area contributed by atoms with Gasteiger partial charge in [-0.25, -0.2) is 0 Å². The highest BCUT2D eigenvalue weighted by Gasteiger charge is 2.11. The summed E-state index contributed by atoms with van der Waals surface area (Å²) in [6.45, 7) is 2.62. The molecule has 0 aromatic heterocycles. The van der Waals surface area contributed by atoms with Crippen molar-refractivity contribution in [2.24, 2.45) is 5.92 Å². The number of nitrogens with one attached hydrogen (secondary N) is 1. The van der Waals surface area contributed by atoms with Gasteiger partial charge in [0.25, 0.3) is 0 Å². The van der Waals surface area contributed by atoms with E-state index in [2.05, 4.69) is 53.8 Å². The van der Waals surface area contributed by atoms with Crippen molar-refractivity contribution in [3.63, 3.8) is 0 Å². The van der Waals surface area contributed by atoms with E-state index in [0.717, 1.165) is 38.3 Å². The third-order valence-electron chi connectivity index (χ3n) is 3.94. The van der Waals surface area contributed by atoms with Gasteiger partial charge < -0.3 is 14.8 Å². The van der Waals surface area contributed by atoms with Gasteiger partial charge in [0.15, 0.2) is 0 Å². The fourth-order valence-electron chi connectivity index (χ4n) is 2.78. The highest BCUT2D eigenvalue weighted by Crippen LogP contribution is 2.18. The molecule has 0 radical (unpaired) electrons. The minimum absolute atomic E-state index is 0.543. The summed E-state index contributed by atoms with van der Waals surface area (Å²) in [7, 11) is 3.45. The van der Waals surface area contributed by atoms with E-state index in [-0.39, 0.29) is 0 Å². The van der Waals surface area contributed by atoms with Crippen LogP contribution in [0.1, 0.15) is 11.1 Å². The van der Waals surface area contributed by atoms with Crippen LogP contribution in [0, 0.1) is 5.92 Å². The lowest BCUT2D eigenvalue weighted by atomic mass is 9.92. The van der Waals surface area contributed by atoms with Gasteiger partial charge in [-0.3, -0.25) is 0 Å². The lowest BCUT2D eigenvalue weighted by Gasteiger charge is -2.18. The van der Waals surface area contributed by atoms with Crippen LogP contribution in [0.15, 0.2) is 54.6 Å². The summed E-state index contributed by atoms with van der Waals surface area (Å²) in [4.78, 5) is 0. The Labute approximate surface area is 139 Å². The van der Waals surface area contributed by atoms with Crippen LogP contribution < -0.4 is 10.1 Å². The van der Waals surface area contributed by atoms with Gasteiger partial charge in [-0.1, -0.05) is 42.5 Å². The van der Waals surface area contributed by atoms with E-state index in [4.69, 9.17) is 9.47 Å². The first kappa shape index (κ1) is 17.5. The number of benzene rings is 2. The lowest BCUT2D eigenvalue weighted by molar-refractivity contribution is 0.197. The van der Waals surface area contributed by atoms with Crippen LogP contribution in [0.5, 0.6) is 5.75 Å². The molecule has 23 heavy (non-hydrogen) atoms. The molecule has 2 aromatic rings. The first-order chi connectivity index (χ1) is 11.3. The van der Waals surface area contributed by atoms with Gasteiger partial charge in [0.1, 0.15) is 5.75 Å². The predicted molar refractivity (Wildman–Crippen MR) is 95.1 cm³/mol. The number of rotatable bonds is 10. The molecule has 0 saturated heterocycles. The second-order valence-electron chi connectivity index (χ2n) is 5.81. The molecule has 3 heteroatoms. The predicted octanol–water partition coefficient (Wildman–Crippen LogP) is 3.33. The van der Waals surface area contributed by atoms with Gasteiger partial charge in [-0.05, 0) is 48.6 Å². The highest BCUT2D eigenvalue weighted by atomic mass is 16.5. The minimum atomic E-state index is 0.543. The third kappa shape index (κ3) is 6.43. The molecule has 2 rings (SSSR count). The van der Waals surface area contributed by atoms with Crippen molar-refractivity contribution in [2.45, 2.75) is 12.8 Å². The monoisotopic (exact) mass is 313 g/mol. The Hall–Kier alpha value is -1.84. The zero-order valence-corrected chi connectivity index (χ0v) is 14.1. The molecule has 0 aliphatic carbocycles. The molecule has 3 nitrogen and oxygen atoms in total. The van der Waals surface area contributed by atoms with E-state index in [9.17, 15) is 0 Å². The van der Waals surface area contributed by atoms with Crippen molar-refractivity contribution in [1.29, 1.82) is 0 Å². The Kier molecular flexibility index (Phi) is 7.64. The highest BCUT2D eigenvalue weighted by molar-refractivity contribution is 5.29. The zero-order chi connectivity index (χ0) is 16.3. The topological polar surface area (TPSA) is 30.5 Å². The standard InChI is InChI=1S/C20H27NO2/c1-22-12-11-21-16-19(13-17-7-4-3-5-8-17)14-18-9-6-10-20(15-18)23-2/h3-10,15,19,21H,11-14,16H2,1-2H3. The Morgan fingerprint density at radius 1 is 0.913 bits per heavy atom. The molecule has 1 atom stereocenters. The van der Waals surface area contributed by atoms with Crippen molar-refractivity contribution in [1.82, 2.24) is 5.32 Å². The normalized spacial score (nSPS) is 12.1. The summed E-state index contributed by atoms with van der Waals surface area (Å²) in [6.07, 6.45) is 2.10. The van der Waals surface area contributed by atoms with E-state index in [1.165, 1.54) is 11.1 Å². The van der Waals surface area contributed by atoms with Crippen LogP contribution in [0.2, 0.25) is 0 Å². The number of methoxy groups -OCH3 is 2. The van der Waals surface area contributed by atoms with Crippen LogP contribution in [0.25, 0.3) is 0 Å². The van der Waals surface area contributed by atoms with Crippen LogP contribution in [0.3, 0.4) is 0 Å². The van der Waals surface area contributed by atoms with Crippen molar-refractivity contribution < 1.29 is 9.47 Å². The summed E-state index contributed by atoms with van der Waals surface area (Å²) in [5.74, 6) is 1.47. The van der Waals surface area contributed by atoms with E-state index in [0.29, 0.717) is 5.92 Å². The SMILES string of the molecule is COCCNCC(Cc1ccccc1)Cc1cccc(OC)c1. The van der Waals surface area contributed by atoms with Gasteiger partial charge in [0, 0.05) is 13.7 Å². The average molecular weight is 313 g/mol. The van der Waals surface area contributed by atoms with Crippen LogP contribution in [-0.2, 0) is 17.6 Å². The van der Waals surface area contributed by atoms with Crippen molar-refractivity contribution in [3.05, 3.63) is 65.7 Å². The summed E-state index contributed by atoms with van der Waals surface area (Å²) in [5, 5.41) is 3.50. The van der Waals surface area contributed by atoms with Crippen LogP contribution in [-0.4, -0.2) is 33.9 Å². The Morgan fingerprint density at radius 2 is 1.65 bits per heavy atom. The van der Waals surface area contributed by atoms with Gasteiger partial charge in [-0.2, -0.15) is 0 Å². The molecular weight excluding hydrogens is 286 g/mol. The molecule has 1 unspecified atom stereocenters. The summed E-state index contributed by atoms with van der Waals surface area (Å²) in [5.41, 5.74) is 2.70. The van der Waals surface area contributed by atoms with Crippen LogP contribution in [0.4, 0.5) is 0 Å². The van der Waals surface area contributed by atoms with Gasteiger partial charge in [0.2, 0.25) is 0 Å². The molecule has 0 spiro atoms. The molecule has 0 heterocycles. The Morgan fingerprint density at radius 3 is 2.39 bits per heavy atom. The van der Waals surface area contributed by atoms with E-state index < -0.39 is 0 Å². The minimum Gasteiger partial charge on any atom is -0.497 e.